The van der Waals surface area contributed by atoms with Crippen LogP contribution >= 0.6 is 0 Å². The van der Waals surface area contributed by atoms with E-state index in [1.54, 1.807) is 0 Å². The summed E-state index contributed by atoms with van der Waals surface area (Å²) in [6, 6.07) is 0. The molecule has 0 fully saturated rings. The first kappa shape index (κ1) is 48.9. The Morgan fingerprint density at radius 2 is 0.620 bits per heavy atom. The molecule has 0 aliphatic heterocycles. The molecule has 0 bridgehead atoms. The number of hydrogen-bond donors (Lipinski definition) is 1. The number of carbonyl (C=O) groups excluding carboxylic acids is 2. The molecule has 0 aliphatic carbocycles. The van der Waals surface area contributed by atoms with Crippen molar-refractivity contribution in [3.05, 3.63) is 0 Å². The third-order valence-corrected chi connectivity index (χ3v) is 10.4. The summed E-state index contributed by atoms with van der Waals surface area (Å²) >= 11 is 0. The summed E-state index contributed by atoms with van der Waals surface area (Å²) in [6.45, 7) is 4.18. The lowest BCUT2D eigenvalue weighted by atomic mass is 10.0. The summed E-state index contributed by atoms with van der Waals surface area (Å²) in [5.74, 6) is -0.571. The van der Waals surface area contributed by atoms with E-state index in [0.717, 1.165) is 32.1 Å². The average molecular weight is 709 g/mol. The van der Waals surface area contributed by atoms with Crippen LogP contribution in [0.2, 0.25) is 0 Å². The molecule has 5 nitrogen and oxygen atoms in total. The van der Waals surface area contributed by atoms with Crippen LogP contribution in [-0.2, 0) is 19.1 Å². The Hall–Kier alpha value is -1.10. The number of hydrogen-bond acceptors (Lipinski definition) is 5. The van der Waals surface area contributed by atoms with Crippen molar-refractivity contribution in [2.75, 3.05) is 13.2 Å². The van der Waals surface area contributed by atoms with E-state index in [0.29, 0.717) is 12.8 Å². The Bertz CT molecular complexity index is 680. The van der Waals surface area contributed by atoms with Crippen molar-refractivity contribution in [2.24, 2.45) is 0 Å². The van der Waals surface area contributed by atoms with Gasteiger partial charge in [0.1, 0.15) is 6.61 Å². The van der Waals surface area contributed by atoms with Gasteiger partial charge in [-0.3, -0.25) is 9.59 Å². The third kappa shape index (κ3) is 39.7. The number of aliphatic hydroxyl groups excluding tert-OH is 1. The van der Waals surface area contributed by atoms with Gasteiger partial charge in [0, 0.05) is 12.8 Å². The fourth-order valence-corrected chi connectivity index (χ4v) is 6.97. The maximum absolute atomic E-state index is 12.2. The van der Waals surface area contributed by atoms with Crippen LogP contribution in [0, 0.1) is 0 Å². The largest absolute Gasteiger partial charge is 0.462 e. The van der Waals surface area contributed by atoms with E-state index < -0.39 is 6.10 Å². The highest BCUT2D eigenvalue weighted by Crippen LogP contribution is 2.17. The zero-order valence-corrected chi connectivity index (χ0v) is 33.9. The van der Waals surface area contributed by atoms with Crippen molar-refractivity contribution in [1.82, 2.24) is 0 Å². The monoisotopic (exact) mass is 709 g/mol. The lowest BCUT2D eigenvalue weighted by molar-refractivity contribution is -0.161. The van der Waals surface area contributed by atoms with Crippen LogP contribution in [0.5, 0.6) is 0 Å². The fourth-order valence-electron chi connectivity index (χ4n) is 6.97. The molecular formula is C45H88O5. The van der Waals surface area contributed by atoms with Gasteiger partial charge in [0.25, 0.3) is 0 Å². The molecule has 0 saturated heterocycles. The van der Waals surface area contributed by atoms with Crippen molar-refractivity contribution in [1.29, 1.82) is 0 Å². The fraction of sp³-hybridized carbons (Fsp3) is 0.956. The number of ether oxygens (including phenoxy) is 2. The van der Waals surface area contributed by atoms with Gasteiger partial charge in [0.2, 0.25) is 0 Å². The van der Waals surface area contributed by atoms with Crippen molar-refractivity contribution in [3.63, 3.8) is 0 Å². The molecule has 0 spiro atoms. The minimum Gasteiger partial charge on any atom is -0.462 e. The van der Waals surface area contributed by atoms with Crippen LogP contribution < -0.4 is 0 Å². The number of aliphatic hydroxyl groups is 1. The van der Waals surface area contributed by atoms with E-state index in [-0.39, 0.29) is 25.2 Å². The summed E-state index contributed by atoms with van der Waals surface area (Å²) < 4.78 is 10.6. The Labute approximate surface area is 312 Å². The van der Waals surface area contributed by atoms with E-state index in [9.17, 15) is 14.7 Å². The number of rotatable bonds is 42. The number of carbonyl (C=O) groups is 2. The van der Waals surface area contributed by atoms with Gasteiger partial charge in [-0.1, -0.05) is 232 Å². The van der Waals surface area contributed by atoms with Crippen LogP contribution in [0.1, 0.15) is 258 Å². The second-order valence-corrected chi connectivity index (χ2v) is 15.5. The summed E-state index contributed by atoms with van der Waals surface area (Å²) in [5.41, 5.74) is 0. The Balaban J connectivity index is 3.44. The third-order valence-electron chi connectivity index (χ3n) is 10.4. The molecule has 0 radical (unpaired) electrons. The van der Waals surface area contributed by atoms with Crippen molar-refractivity contribution >= 4 is 11.9 Å². The Morgan fingerprint density at radius 1 is 0.380 bits per heavy atom. The second-order valence-electron chi connectivity index (χ2n) is 15.5. The molecule has 0 amide bonds. The van der Waals surface area contributed by atoms with Gasteiger partial charge in [-0.25, -0.2) is 0 Å². The highest BCUT2D eigenvalue weighted by atomic mass is 16.6. The van der Waals surface area contributed by atoms with E-state index in [4.69, 9.17) is 9.47 Å². The molecule has 0 aromatic carbocycles. The quantitative estimate of drug-likeness (QED) is 0.0505. The molecule has 298 valence electrons. The van der Waals surface area contributed by atoms with Gasteiger partial charge >= 0.3 is 11.9 Å². The first-order valence-corrected chi connectivity index (χ1v) is 22.6. The van der Waals surface area contributed by atoms with Crippen molar-refractivity contribution in [2.45, 2.75) is 264 Å². The molecule has 0 aromatic rings. The number of unbranched alkanes of at least 4 members (excludes halogenated alkanes) is 34. The molecule has 0 heterocycles. The molecule has 0 unspecified atom stereocenters. The zero-order valence-electron chi connectivity index (χ0n) is 33.9. The Morgan fingerprint density at radius 3 is 0.880 bits per heavy atom. The van der Waals surface area contributed by atoms with Crippen LogP contribution in [0.3, 0.4) is 0 Å². The average Bonchev–Trinajstić information content (AvgIpc) is 3.12. The van der Waals surface area contributed by atoms with Gasteiger partial charge in [0.05, 0.1) is 6.61 Å². The van der Waals surface area contributed by atoms with Gasteiger partial charge in [-0.2, -0.15) is 0 Å². The minimum absolute atomic E-state index is 0.0564. The van der Waals surface area contributed by atoms with E-state index >= 15 is 0 Å². The zero-order chi connectivity index (χ0) is 36.4. The van der Waals surface area contributed by atoms with Crippen molar-refractivity contribution in [3.8, 4) is 0 Å². The SMILES string of the molecule is CCCCCCCCCCCCCCCCCCCCCCCC(=O)OC[C@H](CO)OC(=O)CCCCCCCCCCCCCCCCC. The Kier molecular flexibility index (Phi) is 41.4. The first-order valence-electron chi connectivity index (χ1n) is 22.6. The molecule has 0 aromatic heterocycles. The van der Waals surface area contributed by atoms with Gasteiger partial charge < -0.3 is 14.6 Å². The molecule has 0 rings (SSSR count). The molecule has 1 N–H and O–H groups in total. The maximum Gasteiger partial charge on any atom is 0.306 e. The standard InChI is InChI=1S/C45H88O5/c1-3-5-7-9-11-13-15-17-19-20-21-22-23-24-26-27-29-31-33-35-37-39-44(47)49-42-43(41-46)50-45(48)40-38-36-34-32-30-28-25-18-16-14-12-10-8-6-4-2/h43,46H,3-42H2,1-2H3/t43-/m0/s1. The lowest BCUT2D eigenvalue weighted by Gasteiger charge is -2.15. The molecule has 5 heteroatoms. The molecular weight excluding hydrogens is 620 g/mol. The highest BCUT2D eigenvalue weighted by molar-refractivity contribution is 5.70. The first-order chi connectivity index (χ1) is 24.6. The maximum atomic E-state index is 12.2. The predicted molar refractivity (Wildman–Crippen MR) is 215 cm³/mol. The lowest BCUT2D eigenvalue weighted by Crippen LogP contribution is -2.28. The molecule has 1 atom stereocenters. The van der Waals surface area contributed by atoms with E-state index in [2.05, 4.69) is 13.8 Å². The van der Waals surface area contributed by atoms with Gasteiger partial charge in [0.15, 0.2) is 6.10 Å². The van der Waals surface area contributed by atoms with Gasteiger partial charge in [-0.15, -0.1) is 0 Å². The highest BCUT2D eigenvalue weighted by Gasteiger charge is 2.16. The van der Waals surface area contributed by atoms with E-state index in [1.165, 1.54) is 199 Å². The van der Waals surface area contributed by atoms with Crippen LogP contribution in [0.15, 0.2) is 0 Å². The second kappa shape index (κ2) is 42.3. The minimum atomic E-state index is -0.762. The smallest absolute Gasteiger partial charge is 0.306 e. The van der Waals surface area contributed by atoms with E-state index in [1.807, 2.05) is 0 Å². The summed E-state index contributed by atoms with van der Waals surface area (Å²) in [4.78, 5) is 24.3. The topological polar surface area (TPSA) is 72.8 Å². The van der Waals surface area contributed by atoms with Gasteiger partial charge in [-0.05, 0) is 12.8 Å². The number of esters is 2. The summed E-state index contributed by atoms with van der Waals surface area (Å²) in [6.07, 6.45) is 47.5. The van der Waals surface area contributed by atoms with Crippen LogP contribution in [0.25, 0.3) is 0 Å². The van der Waals surface area contributed by atoms with Crippen LogP contribution in [0.4, 0.5) is 0 Å². The molecule has 50 heavy (non-hydrogen) atoms. The molecule has 0 saturated carbocycles. The molecule has 0 aliphatic rings. The summed E-state index contributed by atoms with van der Waals surface area (Å²) in [7, 11) is 0. The predicted octanol–water partition coefficient (Wildman–Crippen LogP) is 14.3. The summed E-state index contributed by atoms with van der Waals surface area (Å²) in [5, 5.41) is 9.58. The van der Waals surface area contributed by atoms with Crippen LogP contribution in [-0.4, -0.2) is 36.4 Å². The van der Waals surface area contributed by atoms with Crippen molar-refractivity contribution < 1.29 is 24.2 Å². The normalized spacial score (nSPS) is 12.0.